The molecule has 1 amide bonds. The van der Waals surface area contributed by atoms with Crippen LogP contribution in [-0.4, -0.2) is 36.6 Å². The number of amides is 1. The van der Waals surface area contributed by atoms with Gasteiger partial charge in [0, 0.05) is 4.47 Å². The van der Waals surface area contributed by atoms with Gasteiger partial charge >= 0.3 is 16.4 Å². The molecule has 0 bridgehead atoms. The molecule has 1 fully saturated rings. The second kappa shape index (κ2) is 4.87. The quantitative estimate of drug-likeness (QED) is 0.887. The van der Waals surface area contributed by atoms with Crippen molar-refractivity contribution in [2.45, 2.75) is 12.5 Å². The van der Waals surface area contributed by atoms with Gasteiger partial charge in [-0.2, -0.15) is 12.7 Å². The largest absolute Gasteiger partial charge is 0.464 e. The topological polar surface area (TPSA) is 83.9 Å². The zero-order valence-electron chi connectivity index (χ0n) is 9.11. The van der Waals surface area contributed by atoms with Gasteiger partial charge in [0.05, 0.1) is 12.6 Å². The molecule has 1 aliphatic rings. The molecule has 1 aliphatic heterocycles. The monoisotopic (exact) mass is 335 g/mol. The molecule has 2 rings (SSSR count). The lowest BCUT2D eigenvalue weighted by Crippen LogP contribution is -2.39. The first kappa shape index (κ1) is 13.3. The summed E-state index contributed by atoms with van der Waals surface area (Å²) in [5.41, 5.74) is 0.843. The SMILES string of the molecule is O=C(O)N1C(Cc2ccc(Br)cc2)COS1(=O)=O. The van der Waals surface area contributed by atoms with Gasteiger partial charge in [-0.3, -0.25) is 4.18 Å². The lowest BCUT2D eigenvalue weighted by molar-refractivity contribution is 0.164. The molecule has 6 nitrogen and oxygen atoms in total. The molecule has 18 heavy (non-hydrogen) atoms. The molecular weight excluding hydrogens is 326 g/mol. The maximum atomic E-state index is 11.4. The predicted octanol–water partition coefficient (Wildman–Crippen LogP) is 1.62. The Morgan fingerprint density at radius 2 is 2.06 bits per heavy atom. The lowest BCUT2D eigenvalue weighted by Gasteiger charge is -2.17. The van der Waals surface area contributed by atoms with Crippen LogP contribution in [0.1, 0.15) is 5.56 Å². The number of benzene rings is 1. The van der Waals surface area contributed by atoms with Crippen LogP contribution in [0.2, 0.25) is 0 Å². The van der Waals surface area contributed by atoms with Crippen LogP contribution >= 0.6 is 15.9 Å². The summed E-state index contributed by atoms with van der Waals surface area (Å²) in [4.78, 5) is 10.9. The minimum atomic E-state index is -4.14. The Hall–Kier alpha value is -1.12. The van der Waals surface area contributed by atoms with Crippen LogP contribution < -0.4 is 0 Å². The number of rotatable bonds is 2. The van der Waals surface area contributed by atoms with E-state index in [0.717, 1.165) is 10.0 Å². The highest BCUT2D eigenvalue weighted by atomic mass is 79.9. The van der Waals surface area contributed by atoms with E-state index < -0.39 is 22.4 Å². The Morgan fingerprint density at radius 1 is 1.44 bits per heavy atom. The van der Waals surface area contributed by atoms with Crippen LogP contribution in [0.3, 0.4) is 0 Å². The van der Waals surface area contributed by atoms with Crippen molar-refractivity contribution in [1.29, 1.82) is 0 Å². The molecule has 1 unspecified atom stereocenters. The normalized spacial score (nSPS) is 22.1. The van der Waals surface area contributed by atoms with Gasteiger partial charge in [-0.1, -0.05) is 28.1 Å². The summed E-state index contributed by atoms with van der Waals surface area (Å²) >= 11 is 3.29. The Kier molecular flexibility index (Phi) is 3.60. The zero-order valence-corrected chi connectivity index (χ0v) is 11.5. The van der Waals surface area contributed by atoms with Crippen molar-refractivity contribution in [3.8, 4) is 0 Å². The van der Waals surface area contributed by atoms with Gasteiger partial charge in [-0.15, -0.1) is 0 Å². The first-order valence-corrected chi connectivity index (χ1v) is 7.22. The molecule has 1 heterocycles. The number of halogens is 1. The van der Waals surface area contributed by atoms with Crippen LogP contribution in [0.4, 0.5) is 4.79 Å². The number of carboxylic acid groups (broad SMARTS) is 1. The van der Waals surface area contributed by atoms with E-state index in [1.54, 1.807) is 12.1 Å². The Morgan fingerprint density at radius 3 is 2.61 bits per heavy atom. The summed E-state index contributed by atoms with van der Waals surface area (Å²) in [6, 6.07) is 6.51. The van der Waals surface area contributed by atoms with Crippen molar-refractivity contribution >= 4 is 32.3 Å². The van der Waals surface area contributed by atoms with E-state index >= 15 is 0 Å². The molecule has 0 spiro atoms. The molecule has 98 valence electrons. The van der Waals surface area contributed by atoms with Gasteiger partial charge in [-0.05, 0) is 24.1 Å². The highest BCUT2D eigenvalue weighted by Gasteiger charge is 2.42. The Balaban J connectivity index is 2.19. The number of nitrogens with zero attached hydrogens (tertiary/aromatic N) is 1. The third kappa shape index (κ3) is 2.65. The van der Waals surface area contributed by atoms with Gasteiger partial charge in [0.2, 0.25) is 0 Å². The van der Waals surface area contributed by atoms with Crippen molar-refractivity contribution in [2.24, 2.45) is 0 Å². The maximum Gasteiger partial charge on any atom is 0.423 e. The zero-order chi connectivity index (χ0) is 13.3. The summed E-state index contributed by atoms with van der Waals surface area (Å²) in [6.45, 7) is -0.148. The van der Waals surface area contributed by atoms with Gasteiger partial charge in [0.1, 0.15) is 0 Å². The number of carbonyl (C=O) groups is 1. The molecule has 1 atom stereocenters. The van der Waals surface area contributed by atoms with Crippen molar-refractivity contribution in [2.75, 3.05) is 6.61 Å². The first-order chi connectivity index (χ1) is 8.40. The Labute approximate surface area is 113 Å². The van der Waals surface area contributed by atoms with E-state index in [9.17, 15) is 13.2 Å². The molecule has 1 aromatic carbocycles. The highest BCUT2D eigenvalue weighted by molar-refractivity contribution is 9.10. The van der Waals surface area contributed by atoms with E-state index in [1.165, 1.54) is 0 Å². The van der Waals surface area contributed by atoms with Crippen molar-refractivity contribution in [1.82, 2.24) is 4.31 Å². The van der Waals surface area contributed by atoms with Crippen LogP contribution in [0.5, 0.6) is 0 Å². The third-order valence-corrected chi connectivity index (χ3v) is 4.45. The molecule has 1 aromatic rings. The van der Waals surface area contributed by atoms with Crippen LogP contribution in [-0.2, 0) is 20.9 Å². The fraction of sp³-hybridized carbons (Fsp3) is 0.300. The molecule has 0 radical (unpaired) electrons. The number of hydrogen-bond acceptors (Lipinski definition) is 4. The average molecular weight is 336 g/mol. The van der Waals surface area contributed by atoms with Crippen LogP contribution in [0.15, 0.2) is 28.7 Å². The van der Waals surface area contributed by atoms with E-state index in [2.05, 4.69) is 20.1 Å². The summed E-state index contributed by atoms with van der Waals surface area (Å²) in [5.74, 6) is 0. The van der Waals surface area contributed by atoms with Gasteiger partial charge in [-0.25, -0.2) is 4.79 Å². The summed E-state index contributed by atoms with van der Waals surface area (Å²) in [5, 5.41) is 8.90. The molecule has 8 heteroatoms. The first-order valence-electron chi connectivity index (χ1n) is 5.06. The smallest absolute Gasteiger partial charge is 0.423 e. The predicted molar refractivity (Wildman–Crippen MR) is 66.4 cm³/mol. The third-order valence-electron chi connectivity index (χ3n) is 2.56. The summed E-state index contributed by atoms with van der Waals surface area (Å²) in [7, 11) is -4.14. The molecular formula is C10H10BrNO5S. The van der Waals surface area contributed by atoms with Crippen molar-refractivity contribution in [3.63, 3.8) is 0 Å². The number of hydrogen-bond donors (Lipinski definition) is 1. The molecule has 0 aromatic heterocycles. The fourth-order valence-electron chi connectivity index (χ4n) is 1.76. The van der Waals surface area contributed by atoms with E-state index in [1.807, 2.05) is 12.1 Å². The van der Waals surface area contributed by atoms with Crippen molar-refractivity contribution < 1.29 is 22.5 Å². The van der Waals surface area contributed by atoms with E-state index in [0.29, 0.717) is 10.7 Å². The second-order valence-electron chi connectivity index (χ2n) is 3.81. The summed E-state index contributed by atoms with van der Waals surface area (Å²) in [6.07, 6.45) is -1.23. The minimum Gasteiger partial charge on any atom is -0.464 e. The molecule has 1 N–H and O–H groups in total. The Bertz CT molecular complexity index is 556. The van der Waals surface area contributed by atoms with Gasteiger partial charge < -0.3 is 5.11 Å². The van der Waals surface area contributed by atoms with Crippen molar-refractivity contribution in [3.05, 3.63) is 34.3 Å². The van der Waals surface area contributed by atoms with Gasteiger partial charge in [0.25, 0.3) is 0 Å². The standard InChI is InChI=1S/C10H10BrNO5S/c11-8-3-1-7(2-4-8)5-9-6-17-18(15,16)12(9)10(13)14/h1-4,9H,5-6H2,(H,13,14). The fourth-order valence-corrected chi connectivity index (χ4v) is 3.16. The molecule has 0 aliphatic carbocycles. The van der Waals surface area contributed by atoms with E-state index in [4.69, 9.17) is 5.11 Å². The maximum absolute atomic E-state index is 11.4. The average Bonchev–Trinajstić information content (AvgIpc) is 2.57. The summed E-state index contributed by atoms with van der Waals surface area (Å²) < 4.78 is 28.5. The van der Waals surface area contributed by atoms with Crippen LogP contribution in [0.25, 0.3) is 0 Å². The minimum absolute atomic E-state index is 0.148. The second-order valence-corrected chi connectivity index (χ2v) is 6.21. The van der Waals surface area contributed by atoms with Gasteiger partial charge in [0.15, 0.2) is 0 Å². The highest BCUT2D eigenvalue weighted by Crippen LogP contribution is 2.22. The van der Waals surface area contributed by atoms with Crippen LogP contribution in [0, 0.1) is 0 Å². The lowest BCUT2D eigenvalue weighted by atomic mass is 10.1. The van der Waals surface area contributed by atoms with E-state index in [-0.39, 0.29) is 6.61 Å². The molecule has 1 saturated heterocycles. The molecule has 0 saturated carbocycles.